The van der Waals surface area contributed by atoms with Crippen molar-refractivity contribution in [3.63, 3.8) is 0 Å². The molecule has 1 spiro atoms. The van der Waals surface area contributed by atoms with Crippen molar-refractivity contribution >= 4 is 11.5 Å². The van der Waals surface area contributed by atoms with E-state index in [0.717, 1.165) is 19.6 Å². The van der Waals surface area contributed by atoms with Crippen LogP contribution in [0.15, 0.2) is 48.7 Å². The molecule has 0 bridgehead atoms. The maximum atomic E-state index is 5.71. The lowest BCUT2D eigenvalue weighted by Crippen LogP contribution is -2.45. The van der Waals surface area contributed by atoms with E-state index in [1.54, 1.807) is 0 Å². The first-order chi connectivity index (χ1) is 11.3. The maximum Gasteiger partial charge on any atom is 0.123 e. The molecule has 2 aliphatic heterocycles. The van der Waals surface area contributed by atoms with Gasteiger partial charge in [-0.3, -0.25) is 4.90 Å². The van der Waals surface area contributed by atoms with Crippen LogP contribution in [0.5, 0.6) is 0 Å². The molecule has 1 unspecified atom stereocenters. The van der Waals surface area contributed by atoms with Crippen molar-refractivity contribution in [3.05, 3.63) is 54.2 Å². The molecular formula is C19H24N4. The summed E-state index contributed by atoms with van der Waals surface area (Å²) >= 11 is 0. The van der Waals surface area contributed by atoms with Crippen molar-refractivity contribution in [2.24, 2.45) is 0 Å². The van der Waals surface area contributed by atoms with Crippen LogP contribution in [0.25, 0.3) is 0 Å². The molecule has 0 amide bonds. The third-order valence-electron chi connectivity index (χ3n) is 5.43. The van der Waals surface area contributed by atoms with E-state index >= 15 is 0 Å². The molecule has 0 aliphatic carbocycles. The van der Waals surface area contributed by atoms with E-state index in [9.17, 15) is 0 Å². The summed E-state index contributed by atoms with van der Waals surface area (Å²) in [6.07, 6.45) is 5.76. The third kappa shape index (κ3) is 2.79. The molecule has 0 saturated carbocycles. The average Bonchev–Trinajstić information content (AvgIpc) is 3.18. The lowest BCUT2D eigenvalue weighted by molar-refractivity contribution is 0.150. The average molecular weight is 308 g/mol. The van der Waals surface area contributed by atoms with Crippen molar-refractivity contribution < 1.29 is 0 Å². The predicted octanol–water partition coefficient (Wildman–Crippen LogP) is 2.91. The quantitative estimate of drug-likeness (QED) is 0.947. The number of nitrogen functional groups attached to an aromatic ring is 1. The van der Waals surface area contributed by atoms with Gasteiger partial charge < -0.3 is 10.6 Å². The molecule has 1 atom stereocenters. The van der Waals surface area contributed by atoms with Gasteiger partial charge in [-0.25, -0.2) is 4.98 Å². The Bertz CT molecular complexity index is 655. The number of anilines is 2. The van der Waals surface area contributed by atoms with Gasteiger partial charge in [0, 0.05) is 25.2 Å². The highest BCUT2D eigenvalue weighted by Crippen LogP contribution is 2.40. The van der Waals surface area contributed by atoms with Crippen LogP contribution in [-0.4, -0.2) is 35.1 Å². The number of nitrogens with two attached hydrogens (primary N) is 1. The fraction of sp³-hybridized carbons (Fsp3) is 0.421. The summed E-state index contributed by atoms with van der Waals surface area (Å²) in [5, 5.41) is 0. The fourth-order valence-corrected chi connectivity index (χ4v) is 4.17. The second-order valence-electron chi connectivity index (χ2n) is 6.85. The van der Waals surface area contributed by atoms with E-state index < -0.39 is 0 Å². The van der Waals surface area contributed by atoms with Gasteiger partial charge in [-0.15, -0.1) is 0 Å². The van der Waals surface area contributed by atoms with Crippen molar-refractivity contribution in [1.29, 1.82) is 0 Å². The highest BCUT2D eigenvalue weighted by Gasteiger charge is 2.45. The number of aromatic nitrogens is 1. The summed E-state index contributed by atoms with van der Waals surface area (Å²) in [4.78, 5) is 9.42. The van der Waals surface area contributed by atoms with Gasteiger partial charge in [0.2, 0.25) is 0 Å². The number of hydrogen-bond donors (Lipinski definition) is 1. The summed E-state index contributed by atoms with van der Waals surface area (Å²) in [7, 11) is 0. The van der Waals surface area contributed by atoms with Crippen LogP contribution in [0.2, 0.25) is 0 Å². The third-order valence-corrected chi connectivity index (χ3v) is 5.43. The Labute approximate surface area is 137 Å². The van der Waals surface area contributed by atoms with Gasteiger partial charge in [0.1, 0.15) is 5.82 Å². The summed E-state index contributed by atoms with van der Waals surface area (Å²) in [6.45, 7) is 4.49. The number of hydrogen-bond acceptors (Lipinski definition) is 4. The maximum absolute atomic E-state index is 5.71. The molecule has 4 rings (SSSR count). The molecule has 23 heavy (non-hydrogen) atoms. The molecular weight excluding hydrogens is 284 g/mol. The second kappa shape index (κ2) is 5.85. The van der Waals surface area contributed by atoms with Crippen LogP contribution in [0.1, 0.15) is 24.8 Å². The smallest absolute Gasteiger partial charge is 0.123 e. The fourth-order valence-electron chi connectivity index (χ4n) is 4.17. The minimum absolute atomic E-state index is 0.331. The van der Waals surface area contributed by atoms with Crippen LogP contribution in [0.4, 0.5) is 11.5 Å². The topological polar surface area (TPSA) is 45.4 Å². The Hall–Kier alpha value is -2.07. The SMILES string of the molecule is Nc1ccc(N2CCC3(CCCN3Cc3ccccc3)C2)cn1. The molecule has 1 aromatic heterocycles. The van der Waals surface area contributed by atoms with Crippen molar-refractivity contribution in [2.75, 3.05) is 30.3 Å². The molecule has 4 heteroatoms. The van der Waals surface area contributed by atoms with Gasteiger partial charge in [0.25, 0.3) is 0 Å². The molecule has 2 fully saturated rings. The summed E-state index contributed by atoms with van der Waals surface area (Å²) in [5.74, 6) is 0.592. The van der Waals surface area contributed by atoms with Crippen LogP contribution in [0.3, 0.4) is 0 Å². The molecule has 1 aromatic carbocycles. The first-order valence-electron chi connectivity index (χ1n) is 8.51. The van der Waals surface area contributed by atoms with Crippen LogP contribution in [-0.2, 0) is 6.54 Å². The molecule has 2 aromatic rings. The molecule has 120 valence electrons. The number of likely N-dealkylation sites (tertiary alicyclic amines) is 1. The molecule has 2 aliphatic rings. The van der Waals surface area contributed by atoms with Crippen LogP contribution in [0, 0.1) is 0 Å². The Morgan fingerprint density at radius 1 is 1.04 bits per heavy atom. The minimum atomic E-state index is 0.331. The zero-order valence-electron chi connectivity index (χ0n) is 13.5. The minimum Gasteiger partial charge on any atom is -0.384 e. The number of nitrogens with zero attached hydrogens (tertiary/aromatic N) is 3. The first-order valence-corrected chi connectivity index (χ1v) is 8.51. The van der Waals surface area contributed by atoms with Gasteiger partial charge in [-0.1, -0.05) is 30.3 Å². The van der Waals surface area contributed by atoms with Gasteiger partial charge in [0.05, 0.1) is 11.9 Å². The molecule has 4 nitrogen and oxygen atoms in total. The van der Waals surface area contributed by atoms with Crippen LogP contribution >= 0.6 is 0 Å². The van der Waals surface area contributed by atoms with E-state index in [0.29, 0.717) is 11.4 Å². The van der Waals surface area contributed by atoms with Crippen molar-refractivity contribution in [3.8, 4) is 0 Å². The summed E-state index contributed by atoms with van der Waals surface area (Å²) < 4.78 is 0. The van der Waals surface area contributed by atoms with E-state index in [1.165, 1.54) is 37.1 Å². The highest BCUT2D eigenvalue weighted by molar-refractivity contribution is 5.49. The predicted molar refractivity (Wildman–Crippen MR) is 94.3 cm³/mol. The van der Waals surface area contributed by atoms with E-state index in [1.807, 2.05) is 12.3 Å². The molecule has 3 heterocycles. The Kier molecular flexibility index (Phi) is 3.69. The van der Waals surface area contributed by atoms with Gasteiger partial charge in [-0.2, -0.15) is 0 Å². The zero-order valence-corrected chi connectivity index (χ0v) is 13.5. The van der Waals surface area contributed by atoms with Crippen molar-refractivity contribution in [2.45, 2.75) is 31.3 Å². The highest BCUT2D eigenvalue weighted by atomic mass is 15.3. The second-order valence-corrected chi connectivity index (χ2v) is 6.85. The standard InChI is InChI=1S/C19H24N4/c20-18-8-7-17(13-21-18)22-12-10-19(15-22)9-4-11-23(19)14-16-5-2-1-3-6-16/h1-3,5-8,13H,4,9-12,14-15H2,(H2,20,21). The van der Waals surface area contributed by atoms with E-state index in [-0.39, 0.29) is 0 Å². The first kappa shape index (κ1) is 14.5. The Morgan fingerprint density at radius 3 is 2.70 bits per heavy atom. The van der Waals surface area contributed by atoms with Crippen LogP contribution < -0.4 is 10.6 Å². The number of pyridine rings is 1. The van der Waals surface area contributed by atoms with E-state index in [4.69, 9.17) is 5.73 Å². The summed E-state index contributed by atoms with van der Waals surface area (Å²) in [6, 6.07) is 14.8. The van der Waals surface area contributed by atoms with Crippen molar-refractivity contribution in [1.82, 2.24) is 9.88 Å². The van der Waals surface area contributed by atoms with Gasteiger partial charge >= 0.3 is 0 Å². The molecule has 2 saturated heterocycles. The number of rotatable bonds is 3. The zero-order chi connectivity index (χ0) is 15.7. The number of benzene rings is 1. The lowest BCUT2D eigenvalue weighted by Gasteiger charge is -2.35. The normalized spacial score (nSPS) is 24.6. The Balaban J connectivity index is 1.50. The summed E-state index contributed by atoms with van der Waals surface area (Å²) in [5.41, 5.74) is 8.66. The van der Waals surface area contributed by atoms with E-state index in [2.05, 4.69) is 51.2 Å². The monoisotopic (exact) mass is 308 g/mol. The van der Waals surface area contributed by atoms with Gasteiger partial charge in [0.15, 0.2) is 0 Å². The Morgan fingerprint density at radius 2 is 1.91 bits per heavy atom. The van der Waals surface area contributed by atoms with Gasteiger partial charge in [-0.05, 0) is 43.5 Å². The lowest BCUT2D eigenvalue weighted by atomic mass is 9.94. The molecule has 0 radical (unpaired) electrons. The molecule has 2 N–H and O–H groups in total. The largest absolute Gasteiger partial charge is 0.384 e.